The molecule has 0 saturated heterocycles. The number of carbonyl (C=O) groups excluding carboxylic acids is 1. The smallest absolute Gasteiger partial charge is 0.344 e. The molecule has 0 radical (unpaired) electrons. The normalized spacial score (nSPS) is 12.9. The topological polar surface area (TPSA) is 98.5 Å². The molecular weight excluding hydrogens is 492 g/mol. The van der Waals surface area contributed by atoms with Crippen molar-refractivity contribution in [3.8, 4) is 17.2 Å². The summed E-state index contributed by atoms with van der Waals surface area (Å²) < 4.78 is 80.4. The Morgan fingerprint density at radius 2 is 1.61 bits per heavy atom. The van der Waals surface area contributed by atoms with Gasteiger partial charge in [0.15, 0.2) is 0 Å². The predicted octanol–water partition coefficient (Wildman–Crippen LogP) is 4.65. The first-order valence-corrected chi connectivity index (χ1v) is 10.2. The van der Waals surface area contributed by atoms with E-state index in [-0.39, 0.29) is 23.3 Å². The molecule has 0 aliphatic rings. The number of amides is 1. The maximum atomic E-state index is 13.2. The predicted molar refractivity (Wildman–Crippen MR) is 113 cm³/mol. The van der Waals surface area contributed by atoms with Crippen molar-refractivity contribution in [2.75, 3.05) is 0 Å². The quantitative estimate of drug-likeness (QED) is 0.395. The molecule has 0 spiro atoms. The first kappa shape index (κ1) is 24.8. The standard InChI is InChI=1S/C22H15F6N7O/c1-12(33-20(36)13-7-14(21(23,24)25)9-15(8-13)22(26,27)28)17-18(31-6-5-30-17)19-32-11-35(34-19)16-3-2-4-29-10-16/h2-12H,1H3,(H,33,36). The summed E-state index contributed by atoms with van der Waals surface area (Å²) in [5, 5.41) is 6.68. The first-order valence-electron chi connectivity index (χ1n) is 10.2. The molecule has 3 aromatic heterocycles. The zero-order valence-electron chi connectivity index (χ0n) is 18.2. The van der Waals surface area contributed by atoms with Crippen LogP contribution in [0.2, 0.25) is 0 Å². The fourth-order valence-electron chi connectivity index (χ4n) is 3.26. The molecule has 1 N–H and O–H groups in total. The zero-order valence-corrected chi connectivity index (χ0v) is 18.2. The number of rotatable bonds is 5. The van der Waals surface area contributed by atoms with E-state index >= 15 is 0 Å². The molecule has 36 heavy (non-hydrogen) atoms. The number of aromatic nitrogens is 6. The third-order valence-electron chi connectivity index (χ3n) is 4.95. The lowest BCUT2D eigenvalue weighted by Crippen LogP contribution is -2.28. The fraction of sp³-hybridized carbons (Fsp3) is 0.182. The molecule has 0 saturated carbocycles. The van der Waals surface area contributed by atoms with Gasteiger partial charge in [-0.25, -0.2) is 14.6 Å². The molecule has 1 amide bonds. The molecule has 1 aromatic carbocycles. The number of hydrogen-bond donors (Lipinski definition) is 1. The Hall–Kier alpha value is -4.36. The van der Waals surface area contributed by atoms with Crippen molar-refractivity contribution in [2.45, 2.75) is 25.3 Å². The summed E-state index contributed by atoms with van der Waals surface area (Å²) in [4.78, 5) is 29.2. The summed E-state index contributed by atoms with van der Waals surface area (Å²) in [6.45, 7) is 1.45. The molecule has 0 aliphatic carbocycles. The van der Waals surface area contributed by atoms with E-state index < -0.39 is 41.0 Å². The van der Waals surface area contributed by atoms with Crippen molar-refractivity contribution in [2.24, 2.45) is 0 Å². The highest BCUT2D eigenvalue weighted by atomic mass is 19.4. The Bertz CT molecular complexity index is 1350. The van der Waals surface area contributed by atoms with E-state index in [4.69, 9.17) is 0 Å². The highest BCUT2D eigenvalue weighted by molar-refractivity contribution is 5.95. The first-order chi connectivity index (χ1) is 16.9. The molecule has 0 aliphatic heterocycles. The number of carbonyl (C=O) groups is 1. The molecule has 3 heterocycles. The molecule has 1 atom stereocenters. The van der Waals surface area contributed by atoms with Gasteiger partial charge in [-0.3, -0.25) is 14.8 Å². The Labute approximate surface area is 199 Å². The second-order valence-electron chi connectivity index (χ2n) is 7.50. The lowest BCUT2D eigenvalue weighted by molar-refractivity contribution is -0.143. The summed E-state index contributed by atoms with van der Waals surface area (Å²) in [7, 11) is 0. The second kappa shape index (κ2) is 9.36. The van der Waals surface area contributed by atoms with Gasteiger partial charge in [0, 0.05) is 24.2 Å². The van der Waals surface area contributed by atoms with Crippen LogP contribution in [0.1, 0.15) is 40.1 Å². The Balaban J connectivity index is 1.63. The SMILES string of the molecule is CC(NC(=O)c1cc(C(F)(F)F)cc(C(F)(F)F)c1)c1nccnc1-c1ncn(-c2cccnc2)n1. The largest absolute Gasteiger partial charge is 0.416 e. The third kappa shape index (κ3) is 5.31. The molecule has 186 valence electrons. The van der Waals surface area contributed by atoms with Crippen LogP contribution in [0.25, 0.3) is 17.2 Å². The van der Waals surface area contributed by atoms with Gasteiger partial charge in [-0.1, -0.05) is 0 Å². The van der Waals surface area contributed by atoms with Crippen molar-refractivity contribution in [1.82, 2.24) is 35.0 Å². The van der Waals surface area contributed by atoms with Crippen LogP contribution in [-0.2, 0) is 12.4 Å². The van der Waals surface area contributed by atoms with Crippen molar-refractivity contribution >= 4 is 5.91 Å². The number of benzene rings is 1. The van der Waals surface area contributed by atoms with Gasteiger partial charge in [0.1, 0.15) is 12.0 Å². The molecule has 0 bridgehead atoms. The monoisotopic (exact) mass is 507 g/mol. The van der Waals surface area contributed by atoms with Gasteiger partial charge in [0.05, 0.1) is 34.7 Å². The molecule has 4 aromatic rings. The fourth-order valence-corrected chi connectivity index (χ4v) is 3.26. The van der Waals surface area contributed by atoms with Crippen LogP contribution in [0.15, 0.2) is 61.4 Å². The van der Waals surface area contributed by atoms with E-state index in [1.165, 1.54) is 30.3 Å². The number of pyridine rings is 1. The van der Waals surface area contributed by atoms with Crippen LogP contribution in [0.4, 0.5) is 26.3 Å². The van der Waals surface area contributed by atoms with Gasteiger partial charge in [-0.05, 0) is 37.3 Å². The van der Waals surface area contributed by atoms with Gasteiger partial charge in [0.25, 0.3) is 5.91 Å². The number of nitrogens with one attached hydrogen (secondary N) is 1. The molecule has 14 heteroatoms. The average molecular weight is 507 g/mol. The van der Waals surface area contributed by atoms with Gasteiger partial charge in [0.2, 0.25) is 5.82 Å². The van der Waals surface area contributed by atoms with Crippen LogP contribution >= 0.6 is 0 Å². The van der Waals surface area contributed by atoms with E-state index in [0.29, 0.717) is 17.8 Å². The van der Waals surface area contributed by atoms with Gasteiger partial charge in [-0.2, -0.15) is 26.3 Å². The second-order valence-corrected chi connectivity index (χ2v) is 7.50. The maximum absolute atomic E-state index is 13.2. The van der Waals surface area contributed by atoms with Gasteiger partial charge >= 0.3 is 12.4 Å². The minimum Gasteiger partial charge on any atom is -0.344 e. The van der Waals surface area contributed by atoms with Crippen molar-refractivity contribution in [3.05, 3.63) is 83.8 Å². The molecular formula is C22H15F6N7O. The number of nitrogens with zero attached hydrogens (tertiary/aromatic N) is 6. The average Bonchev–Trinajstić information content (AvgIpc) is 3.33. The van der Waals surface area contributed by atoms with E-state index in [0.717, 1.165) is 0 Å². The minimum atomic E-state index is -5.08. The van der Waals surface area contributed by atoms with Crippen LogP contribution in [-0.4, -0.2) is 35.6 Å². The number of halogens is 6. The van der Waals surface area contributed by atoms with Crippen molar-refractivity contribution in [3.63, 3.8) is 0 Å². The van der Waals surface area contributed by atoms with E-state index in [9.17, 15) is 31.1 Å². The van der Waals surface area contributed by atoms with E-state index in [2.05, 4.69) is 30.4 Å². The Morgan fingerprint density at radius 3 is 2.22 bits per heavy atom. The van der Waals surface area contributed by atoms with Crippen molar-refractivity contribution in [1.29, 1.82) is 0 Å². The summed E-state index contributed by atoms with van der Waals surface area (Å²) in [6.07, 6.45) is -2.99. The zero-order chi connectivity index (χ0) is 26.1. The lowest BCUT2D eigenvalue weighted by atomic mass is 10.0. The van der Waals surface area contributed by atoms with E-state index in [1.54, 1.807) is 24.5 Å². The van der Waals surface area contributed by atoms with Crippen molar-refractivity contribution < 1.29 is 31.1 Å². The highest BCUT2D eigenvalue weighted by Gasteiger charge is 2.37. The summed E-state index contributed by atoms with van der Waals surface area (Å²) >= 11 is 0. The van der Waals surface area contributed by atoms with Gasteiger partial charge in [-0.15, -0.1) is 5.10 Å². The molecule has 4 rings (SSSR count). The summed E-state index contributed by atoms with van der Waals surface area (Å²) in [5.74, 6) is -1.04. The van der Waals surface area contributed by atoms with Crippen LogP contribution in [0, 0.1) is 0 Å². The molecule has 8 nitrogen and oxygen atoms in total. The van der Waals surface area contributed by atoms with Crippen LogP contribution < -0.4 is 5.32 Å². The van der Waals surface area contributed by atoms with Gasteiger partial charge < -0.3 is 5.32 Å². The lowest BCUT2D eigenvalue weighted by Gasteiger charge is -2.17. The summed E-state index contributed by atoms with van der Waals surface area (Å²) in [6, 6.07) is 3.11. The Morgan fingerprint density at radius 1 is 0.944 bits per heavy atom. The third-order valence-corrected chi connectivity index (χ3v) is 4.95. The highest BCUT2D eigenvalue weighted by Crippen LogP contribution is 2.36. The van der Waals surface area contributed by atoms with E-state index in [1.807, 2.05) is 0 Å². The summed E-state index contributed by atoms with van der Waals surface area (Å²) in [5.41, 5.74) is -3.09. The van der Waals surface area contributed by atoms with Crippen LogP contribution in [0.5, 0.6) is 0 Å². The number of hydrogen-bond acceptors (Lipinski definition) is 6. The minimum absolute atomic E-state index is 0.0504. The molecule has 0 fully saturated rings. The maximum Gasteiger partial charge on any atom is 0.416 e. The Kier molecular flexibility index (Phi) is 6.43. The number of alkyl halides is 6. The van der Waals surface area contributed by atoms with Crippen LogP contribution in [0.3, 0.4) is 0 Å². The molecule has 1 unspecified atom stereocenters.